The smallest absolute Gasteiger partial charge is 0.410 e. The van der Waals surface area contributed by atoms with Crippen molar-refractivity contribution in [2.45, 2.75) is 27.0 Å². The van der Waals surface area contributed by atoms with Crippen LogP contribution in [0.15, 0.2) is 5.16 Å². The van der Waals surface area contributed by atoms with Crippen LogP contribution >= 0.6 is 0 Å². The summed E-state index contributed by atoms with van der Waals surface area (Å²) in [7, 11) is 0. The fraction of sp³-hybridized carbons (Fsp3) is 0.667. The van der Waals surface area contributed by atoms with E-state index in [0.717, 1.165) is 0 Å². The second kappa shape index (κ2) is 3.66. The predicted octanol–water partition coefficient (Wildman–Crippen LogP) is 1.60. The third-order valence-corrected chi connectivity index (χ3v) is 3.52. The van der Waals surface area contributed by atoms with E-state index in [0.29, 0.717) is 12.3 Å². The molecular formula is C12H16N2O3. The predicted molar refractivity (Wildman–Crippen MR) is 62.3 cm³/mol. The highest BCUT2D eigenvalue weighted by atomic mass is 16.7. The van der Waals surface area contributed by atoms with Gasteiger partial charge in [-0.05, 0) is 11.3 Å². The van der Waals surface area contributed by atoms with Gasteiger partial charge in [0.2, 0.25) is 6.23 Å². The molecule has 0 spiro atoms. The molecule has 92 valence electrons. The van der Waals surface area contributed by atoms with Crippen LogP contribution in [0.1, 0.15) is 20.8 Å². The van der Waals surface area contributed by atoms with Crippen LogP contribution in [0.2, 0.25) is 0 Å². The zero-order valence-electron chi connectivity index (χ0n) is 10.2. The summed E-state index contributed by atoms with van der Waals surface area (Å²) in [6.45, 7) is 6.67. The maximum atomic E-state index is 11.2. The van der Waals surface area contributed by atoms with Gasteiger partial charge in [-0.25, -0.2) is 4.79 Å². The first-order valence-corrected chi connectivity index (χ1v) is 5.56. The van der Waals surface area contributed by atoms with Crippen LogP contribution in [-0.2, 0) is 4.84 Å². The second-order valence-corrected chi connectivity index (χ2v) is 5.55. The van der Waals surface area contributed by atoms with E-state index in [4.69, 9.17) is 16.4 Å². The summed E-state index contributed by atoms with van der Waals surface area (Å²) in [4.78, 5) is 17.6. The van der Waals surface area contributed by atoms with Gasteiger partial charge in [-0.3, -0.25) is 4.90 Å². The fourth-order valence-corrected chi connectivity index (χ4v) is 2.56. The molecule has 2 aliphatic rings. The van der Waals surface area contributed by atoms with Gasteiger partial charge in [0.15, 0.2) is 0 Å². The first-order valence-electron chi connectivity index (χ1n) is 5.56. The number of hydrogen-bond acceptors (Lipinski definition) is 3. The first kappa shape index (κ1) is 11.8. The molecule has 3 unspecified atom stereocenters. The molecule has 0 aromatic heterocycles. The third kappa shape index (κ3) is 1.74. The van der Waals surface area contributed by atoms with Crippen LogP contribution in [0.25, 0.3) is 0 Å². The monoisotopic (exact) mass is 236 g/mol. The standard InChI is InChI=1S/C12H16N2O3/c1-5-8-9-7(12(2,3)4)6-14(11(15)16)10(9)17-13-8/h1,7,9-10H,6H2,2-4H3,(H,15,16). The minimum Gasteiger partial charge on any atom is -0.465 e. The number of amides is 1. The molecule has 0 aliphatic carbocycles. The Kier molecular flexibility index (Phi) is 2.53. The largest absolute Gasteiger partial charge is 0.465 e. The van der Waals surface area contributed by atoms with Crippen molar-refractivity contribution in [1.29, 1.82) is 0 Å². The molecule has 3 atom stereocenters. The number of likely N-dealkylation sites (tertiary alicyclic amines) is 1. The molecule has 0 saturated carbocycles. The van der Waals surface area contributed by atoms with E-state index >= 15 is 0 Å². The average Bonchev–Trinajstić information content (AvgIpc) is 2.72. The van der Waals surface area contributed by atoms with Gasteiger partial charge in [0, 0.05) is 6.54 Å². The van der Waals surface area contributed by atoms with Crippen LogP contribution in [0.4, 0.5) is 4.79 Å². The molecule has 0 aromatic carbocycles. The second-order valence-electron chi connectivity index (χ2n) is 5.55. The van der Waals surface area contributed by atoms with Crippen molar-refractivity contribution >= 4 is 11.8 Å². The van der Waals surface area contributed by atoms with Gasteiger partial charge in [-0.15, -0.1) is 6.42 Å². The summed E-state index contributed by atoms with van der Waals surface area (Å²) in [6.07, 6.45) is 3.85. The molecular weight excluding hydrogens is 220 g/mol. The molecule has 5 nitrogen and oxygen atoms in total. The lowest BCUT2D eigenvalue weighted by Crippen LogP contribution is -2.36. The molecule has 2 rings (SSSR count). The van der Waals surface area contributed by atoms with Gasteiger partial charge in [0.05, 0.1) is 5.92 Å². The van der Waals surface area contributed by atoms with Gasteiger partial charge in [-0.1, -0.05) is 31.8 Å². The summed E-state index contributed by atoms with van der Waals surface area (Å²) < 4.78 is 0. The van der Waals surface area contributed by atoms with Gasteiger partial charge < -0.3 is 9.94 Å². The molecule has 0 radical (unpaired) electrons. The van der Waals surface area contributed by atoms with Crippen LogP contribution in [-0.4, -0.2) is 34.6 Å². The molecule has 1 N–H and O–H groups in total. The Bertz CT molecular complexity index is 416. The Labute approximate surface area is 100 Å². The lowest BCUT2D eigenvalue weighted by Gasteiger charge is -2.29. The zero-order valence-corrected chi connectivity index (χ0v) is 10.2. The molecule has 2 heterocycles. The van der Waals surface area contributed by atoms with Crippen molar-refractivity contribution in [3.63, 3.8) is 0 Å². The summed E-state index contributed by atoms with van der Waals surface area (Å²) in [5, 5.41) is 13.0. The number of fused-ring (bicyclic) bond motifs is 1. The molecule has 17 heavy (non-hydrogen) atoms. The van der Waals surface area contributed by atoms with Crippen LogP contribution in [0.5, 0.6) is 0 Å². The van der Waals surface area contributed by atoms with Crippen LogP contribution < -0.4 is 0 Å². The van der Waals surface area contributed by atoms with Gasteiger partial charge >= 0.3 is 6.09 Å². The molecule has 1 amide bonds. The van der Waals surface area contributed by atoms with Crippen molar-refractivity contribution in [1.82, 2.24) is 4.90 Å². The van der Waals surface area contributed by atoms with E-state index in [9.17, 15) is 4.79 Å². The average molecular weight is 236 g/mol. The molecule has 2 aliphatic heterocycles. The Balaban J connectivity index is 2.34. The molecule has 0 bridgehead atoms. The number of carboxylic acid groups (broad SMARTS) is 1. The van der Waals surface area contributed by atoms with E-state index in [1.165, 1.54) is 4.90 Å². The summed E-state index contributed by atoms with van der Waals surface area (Å²) >= 11 is 0. The summed E-state index contributed by atoms with van der Waals surface area (Å²) in [6, 6.07) is 0. The lowest BCUT2D eigenvalue weighted by molar-refractivity contribution is -0.0184. The maximum Gasteiger partial charge on any atom is 0.410 e. The Morgan fingerprint density at radius 3 is 2.76 bits per heavy atom. The van der Waals surface area contributed by atoms with Gasteiger partial charge in [-0.2, -0.15) is 0 Å². The lowest BCUT2D eigenvalue weighted by atomic mass is 9.73. The van der Waals surface area contributed by atoms with Crippen molar-refractivity contribution in [2.24, 2.45) is 22.4 Å². The topological polar surface area (TPSA) is 62.1 Å². The van der Waals surface area contributed by atoms with Crippen LogP contribution in [0, 0.1) is 29.6 Å². The van der Waals surface area contributed by atoms with E-state index in [1.807, 2.05) is 0 Å². The number of carbonyl (C=O) groups is 1. The molecule has 1 fully saturated rings. The third-order valence-electron chi connectivity index (χ3n) is 3.52. The van der Waals surface area contributed by atoms with E-state index < -0.39 is 12.3 Å². The highest BCUT2D eigenvalue weighted by molar-refractivity contribution is 6.03. The van der Waals surface area contributed by atoms with E-state index in [2.05, 4.69) is 31.8 Å². The van der Waals surface area contributed by atoms with Crippen LogP contribution in [0.3, 0.4) is 0 Å². The fourth-order valence-electron chi connectivity index (χ4n) is 2.56. The highest BCUT2D eigenvalue weighted by Crippen LogP contribution is 2.44. The Morgan fingerprint density at radius 2 is 2.29 bits per heavy atom. The SMILES string of the molecule is C#CC1=NOC2C1C(C(C)(C)C)CN2C(=O)O. The zero-order chi connectivity index (χ0) is 12.8. The van der Waals surface area contributed by atoms with Crippen molar-refractivity contribution in [3.8, 4) is 12.3 Å². The van der Waals surface area contributed by atoms with Crippen molar-refractivity contribution < 1.29 is 14.7 Å². The Morgan fingerprint density at radius 1 is 1.65 bits per heavy atom. The van der Waals surface area contributed by atoms with Gasteiger partial charge in [0.1, 0.15) is 5.71 Å². The molecule has 5 heteroatoms. The van der Waals surface area contributed by atoms with Crippen molar-refractivity contribution in [3.05, 3.63) is 0 Å². The van der Waals surface area contributed by atoms with Crippen molar-refractivity contribution in [2.75, 3.05) is 6.54 Å². The number of terminal acetylenes is 1. The highest BCUT2D eigenvalue weighted by Gasteiger charge is 2.54. The normalized spacial score (nSPS) is 31.5. The molecule has 0 aromatic rings. The van der Waals surface area contributed by atoms with E-state index in [-0.39, 0.29) is 17.3 Å². The van der Waals surface area contributed by atoms with E-state index in [1.54, 1.807) is 0 Å². The first-order chi connectivity index (χ1) is 7.86. The number of oxime groups is 1. The molecule has 1 saturated heterocycles. The van der Waals surface area contributed by atoms with Gasteiger partial charge in [0.25, 0.3) is 0 Å². The number of hydrogen-bond donors (Lipinski definition) is 1. The minimum absolute atomic E-state index is 0.0432. The minimum atomic E-state index is -0.986. The number of rotatable bonds is 0. The number of nitrogens with zero attached hydrogens (tertiary/aromatic N) is 2. The summed E-state index contributed by atoms with van der Waals surface area (Å²) in [5.41, 5.74) is 0.483. The maximum absolute atomic E-state index is 11.2. The quantitative estimate of drug-likeness (QED) is 0.650. The Hall–Kier alpha value is -1.70. The summed E-state index contributed by atoms with van der Waals surface area (Å²) in [5.74, 6) is 2.51.